The van der Waals surface area contributed by atoms with Crippen LogP contribution in [0.5, 0.6) is 46.0 Å². The van der Waals surface area contributed by atoms with Crippen LogP contribution in [-0.4, -0.2) is 28.4 Å². The van der Waals surface area contributed by atoms with Crippen molar-refractivity contribution in [3.63, 3.8) is 0 Å². The van der Waals surface area contributed by atoms with Gasteiger partial charge in [0, 0.05) is 0 Å². The SMILES string of the molecule is COc1cccc(CCc2ccc(OC)c(Oc3cccc(CCc4cccc(Oc5cc(CCc6cccc(OC)c6)ccc5OC)c4)c3)c2)c1. The van der Waals surface area contributed by atoms with Gasteiger partial charge in [-0.1, -0.05) is 60.7 Å². The second-order valence-electron chi connectivity index (χ2n) is 12.7. The van der Waals surface area contributed by atoms with Gasteiger partial charge in [0.1, 0.15) is 23.0 Å². The Labute approximate surface area is 307 Å². The quantitative estimate of drug-likeness (QED) is 0.0947. The van der Waals surface area contributed by atoms with Crippen molar-refractivity contribution >= 4 is 0 Å². The first-order valence-corrected chi connectivity index (χ1v) is 17.6. The van der Waals surface area contributed by atoms with Crippen LogP contribution < -0.4 is 28.4 Å². The van der Waals surface area contributed by atoms with E-state index in [1.54, 1.807) is 28.4 Å². The molecule has 0 spiro atoms. The van der Waals surface area contributed by atoms with Crippen LogP contribution in [0.1, 0.15) is 33.4 Å². The minimum atomic E-state index is 0.700. The summed E-state index contributed by atoms with van der Waals surface area (Å²) in [6.45, 7) is 0. The van der Waals surface area contributed by atoms with Gasteiger partial charge in [-0.3, -0.25) is 0 Å². The molecule has 6 aromatic rings. The van der Waals surface area contributed by atoms with Crippen molar-refractivity contribution in [2.75, 3.05) is 28.4 Å². The third kappa shape index (κ3) is 9.88. The van der Waals surface area contributed by atoms with Crippen molar-refractivity contribution in [2.24, 2.45) is 0 Å². The summed E-state index contributed by atoms with van der Waals surface area (Å²) < 4.78 is 34.9. The number of hydrogen-bond acceptors (Lipinski definition) is 6. The predicted molar refractivity (Wildman–Crippen MR) is 207 cm³/mol. The molecule has 6 heteroatoms. The van der Waals surface area contributed by atoms with Gasteiger partial charge in [-0.2, -0.15) is 0 Å². The average molecular weight is 695 g/mol. The maximum absolute atomic E-state index is 6.41. The molecule has 0 N–H and O–H groups in total. The molecule has 0 radical (unpaired) electrons. The number of hydrogen-bond donors (Lipinski definition) is 0. The molecule has 0 saturated heterocycles. The van der Waals surface area contributed by atoms with Gasteiger partial charge in [0.05, 0.1) is 28.4 Å². The van der Waals surface area contributed by atoms with E-state index in [0.29, 0.717) is 23.0 Å². The molecule has 0 aliphatic heterocycles. The summed E-state index contributed by atoms with van der Waals surface area (Å²) in [4.78, 5) is 0. The lowest BCUT2D eigenvalue weighted by Crippen LogP contribution is -1.97. The Bertz CT molecular complexity index is 1920. The van der Waals surface area contributed by atoms with Gasteiger partial charge in [0.25, 0.3) is 0 Å². The highest BCUT2D eigenvalue weighted by Gasteiger charge is 2.11. The Morgan fingerprint density at radius 3 is 0.923 bits per heavy atom. The van der Waals surface area contributed by atoms with Crippen molar-refractivity contribution < 1.29 is 28.4 Å². The Morgan fingerprint density at radius 1 is 0.288 bits per heavy atom. The van der Waals surface area contributed by atoms with Crippen LogP contribution in [0.25, 0.3) is 0 Å². The highest BCUT2D eigenvalue weighted by Crippen LogP contribution is 2.35. The van der Waals surface area contributed by atoms with Crippen LogP contribution >= 0.6 is 0 Å². The van der Waals surface area contributed by atoms with E-state index in [9.17, 15) is 0 Å². The molecule has 6 aromatic carbocycles. The van der Waals surface area contributed by atoms with Crippen molar-refractivity contribution in [3.8, 4) is 46.0 Å². The lowest BCUT2D eigenvalue weighted by molar-refractivity contribution is 0.378. The fraction of sp³-hybridized carbons (Fsp3) is 0.217. The van der Waals surface area contributed by atoms with E-state index in [1.807, 2.05) is 60.7 Å². The molecule has 6 nitrogen and oxygen atoms in total. The zero-order chi connectivity index (χ0) is 36.1. The van der Waals surface area contributed by atoms with E-state index < -0.39 is 0 Å². The Kier molecular flexibility index (Phi) is 12.3. The fourth-order valence-electron chi connectivity index (χ4n) is 6.22. The molecule has 0 unspecified atom stereocenters. The highest BCUT2D eigenvalue weighted by molar-refractivity contribution is 5.48. The standard InChI is InChI=1S/C46H46O6/c1-47-39-13-5-9-33(27-39)19-21-37-23-25-43(49-3)45(31-37)51-41-15-7-11-35(29-41)17-18-36-12-8-16-42(30-36)52-46-32-38(24-26-44(46)50-4)22-20-34-10-6-14-40(28-34)48-2/h5-16,23-32H,17-22H2,1-4H3. The summed E-state index contributed by atoms with van der Waals surface area (Å²) in [5, 5.41) is 0. The highest BCUT2D eigenvalue weighted by atomic mass is 16.5. The summed E-state index contributed by atoms with van der Waals surface area (Å²) in [6.07, 6.45) is 5.24. The first-order valence-electron chi connectivity index (χ1n) is 17.6. The van der Waals surface area contributed by atoms with E-state index in [-0.39, 0.29) is 0 Å². The van der Waals surface area contributed by atoms with E-state index in [0.717, 1.165) is 61.5 Å². The minimum Gasteiger partial charge on any atom is -0.497 e. The molecule has 0 heterocycles. The summed E-state index contributed by atoms with van der Waals surface area (Å²) in [5.41, 5.74) is 7.18. The predicted octanol–water partition coefficient (Wildman–Crippen LogP) is 10.7. The van der Waals surface area contributed by atoms with E-state index in [1.165, 1.54) is 33.4 Å². The monoisotopic (exact) mass is 694 g/mol. The molecule has 0 bridgehead atoms. The molecule has 0 saturated carbocycles. The van der Waals surface area contributed by atoms with Gasteiger partial charge in [-0.15, -0.1) is 0 Å². The van der Waals surface area contributed by atoms with Crippen LogP contribution in [0.3, 0.4) is 0 Å². The third-order valence-electron chi connectivity index (χ3n) is 9.08. The van der Waals surface area contributed by atoms with E-state index in [2.05, 4.69) is 72.8 Å². The van der Waals surface area contributed by atoms with Gasteiger partial charge in [-0.05, 0) is 145 Å². The van der Waals surface area contributed by atoms with Crippen molar-refractivity contribution in [1.82, 2.24) is 0 Å². The summed E-state index contributed by atoms with van der Waals surface area (Å²) >= 11 is 0. The van der Waals surface area contributed by atoms with Gasteiger partial charge in [0.2, 0.25) is 0 Å². The summed E-state index contributed by atoms with van der Waals surface area (Å²) in [5.74, 6) is 6.09. The summed E-state index contributed by atoms with van der Waals surface area (Å²) in [6, 6.07) is 45.2. The number of rotatable bonds is 17. The second-order valence-corrected chi connectivity index (χ2v) is 12.7. The van der Waals surface area contributed by atoms with Gasteiger partial charge < -0.3 is 28.4 Å². The normalized spacial score (nSPS) is 10.8. The largest absolute Gasteiger partial charge is 0.497 e. The maximum Gasteiger partial charge on any atom is 0.169 e. The molecule has 266 valence electrons. The molecular formula is C46H46O6. The maximum atomic E-state index is 6.41. The molecular weight excluding hydrogens is 649 g/mol. The first kappa shape index (κ1) is 35.9. The third-order valence-corrected chi connectivity index (χ3v) is 9.08. The van der Waals surface area contributed by atoms with Gasteiger partial charge in [-0.25, -0.2) is 0 Å². The number of methoxy groups -OCH3 is 4. The van der Waals surface area contributed by atoms with Gasteiger partial charge in [0.15, 0.2) is 23.0 Å². The number of aryl methyl sites for hydroxylation is 6. The fourth-order valence-corrected chi connectivity index (χ4v) is 6.22. The number of benzene rings is 6. The lowest BCUT2D eigenvalue weighted by atomic mass is 10.0. The molecule has 0 aliphatic carbocycles. The van der Waals surface area contributed by atoms with Crippen molar-refractivity contribution in [2.45, 2.75) is 38.5 Å². The topological polar surface area (TPSA) is 55.4 Å². The second kappa shape index (κ2) is 17.9. The molecule has 0 aliphatic rings. The molecule has 6 rings (SSSR count). The molecule has 52 heavy (non-hydrogen) atoms. The van der Waals surface area contributed by atoms with Crippen molar-refractivity contribution in [3.05, 3.63) is 167 Å². The van der Waals surface area contributed by atoms with E-state index in [4.69, 9.17) is 28.4 Å². The molecule has 0 aromatic heterocycles. The van der Waals surface area contributed by atoms with Crippen LogP contribution in [-0.2, 0) is 38.5 Å². The summed E-state index contributed by atoms with van der Waals surface area (Å²) in [7, 11) is 6.73. The first-order chi connectivity index (χ1) is 25.5. The van der Waals surface area contributed by atoms with Gasteiger partial charge >= 0.3 is 0 Å². The minimum absolute atomic E-state index is 0.700. The Morgan fingerprint density at radius 2 is 0.596 bits per heavy atom. The molecule has 0 atom stereocenters. The number of ether oxygens (including phenoxy) is 6. The van der Waals surface area contributed by atoms with Crippen LogP contribution in [0.2, 0.25) is 0 Å². The van der Waals surface area contributed by atoms with Crippen molar-refractivity contribution in [1.29, 1.82) is 0 Å². The Balaban J connectivity index is 1.08. The zero-order valence-electron chi connectivity index (χ0n) is 30.4. The molecule has 0 fully saturated rings. The van der Waals surface area contributed by atoms with Crippen LogP contribution in [0, 0.1) is 0 Å². The van der Waals surface area contributed by atoms with Crippen LogP contribution in [0.4, 0.5) is 0 Å². The zero-order valence-corrected chi connectivity index (χ0v) is 30.4. The smallest absolute Gasteiger partial charge is 0.169 e. The lowest BCUT2D eigenvalue weighted by Gasteiger charge is -2.14. The van der Waals surface area contributed by atoms with E-state index >= 15 is 0 Å². The Hall–Kier alpha value is -5.88. The average Bonchev–Trinajstić information content (AvgIpc) is 3.19. The van der Waals surface area contributed by atoms with Crippen LogP contribution in [0.15, 0.2) is 133 Å². The molecule has 0 amide bonds.